The second-order valence-electron chi connectivity index (χ2n) is 5.28. The summed E-state index contributed by atoms with van der Waals surface area (Å²) in [7, 11) is 0. The normalized spacial score (nSPS) is 26.8. The number of halogens is 3. The van der Waals surface area contributed by atoms with Gasteiger partial charge in [-0.05, 0) is 25.8 Å². The number of nitrogens with one attached hydrogen (secondary N) is 1. The number of aromatic nitrogens is 2. The molecule has 3 rings (SSSR count). The van der Waals surface area contributed by atoms with Crippen molar-refractivity contribution in [3.63, 3.8) is 0 Å². The van der Waals surface area contributed by atoms with Crippen LogP contribution < -0.4 is 11.1 Å². The standard InChI is InChI=1S/C12H16F3N5/c13-12(14,15)9-6-10(19-11(16)18-9)17-7-3-5-20-4-1-2-8(7)20/h6-8H,1-5H2,(H3,16,17,18,19). The van der Waals surface area contributed by atoms with Gasteiger partial charge in [0.15, 0.2) is 5.69 Å². The number of nitrogens with two attached hydrogens (primary N) is 1. The van der Waals surface area contributed by atoms with Gasteiger partial charge in [0.2, 0.25) is 5.95 Å². The highest BCUT2D eigenvalue weighted by molar-refractivity contribution is 5.42. The largest absolute Gasteiger partial charge is 0.433 e. The summed E-state index contributed by atoms with van der Waals surface area (Å²) in [6.07, 6.45) is -1.38. The van der Waals surface area contributed by atoms with E-state index in [1.807, 2.05) is 0 Å². The topological polar surface area (TPSA) is 67.1 Å². The SMILES string of the molecule is Nc1nc(NC2CCN3CCCC23)cc(C(F)(F)F)n1. The Kier molecular flexibility index (Phi) is 3.19. The second kappa shape index (κ2) is 4.76. The zero-order valence-corrected chi connectivity index (χ0v) is 10.8. The zero-order valence-electron chi connectivity index (χ0n) is 10.8. The molecule has 0 aromatic carbocycles. The maximum Gasteiger partial charge on any atom is 0.433 e. The van der Waals surface area contributed by atoms with Crippen LogP contribution in [0.3, 0.4) is 0 Å². The summed E-state index contributed by atoms with van der Waals surface area (Å²) in [5, 5.41) is 3.09. The minimum absolute atomic E-state index is 0.132. The van der Waals surface area contributed by atoms with Crippen LogP contribution in [0.15, 0.2) is 6.07 Å². The average molecular weight is 287 g/mol. The predicted octanol–water partition coefficient (Wildman–Crippen LogP) is 1.73. The van der Waals surface area contributed by atoms with Crippen LogP contribution in [0.1, 0.15) is 25.0 Å². The van der Waals surface area contributed by atoms with Gasteiger partial charge in [-0.25, -0.2) is 4.98 Å². The summed E-state index contributed by atoms with van der Waals surface area (Å²) < 4.78 is 38.1. The van der Waals surface area contributed by atoms with Crippen LogP contribution in [-0.2, 0) is 6.18 Å². The molecular formula is C12H16F3N5. The van der Waals surface area contributed by atoms with E-state index in [0.29, 0.717) is 6.04 Å². The molecule has 110 valence electrons. The summed E-state index contributed by atoms with van der Waals surface area (Å²) >= 11 is 0. The zero-order chi connectivity index (χ0) is 14.3. The quantitative estimate of drug-likeness (QED) is 0.867. The van der Waals surface area contributed by atoms with Gasteiger partial charge in [-0.1, -0.05) is 0 Å². The van der Waals surface area contributed by atoms with Gasteiger partial charge in [0.25, 0.3) is 0 Å². The van der Waals surface area contributed by atoms with E-state index in [1.165, 1.54) is 0 Å². The molecule has 5 nitrogen and oxygen atoms in total. The lowest BCUT2D eigenvalue weighted by molar-refractivity contribution is -0.141. The number of fused-ring (bicyclic) bond motifs is 1. The first-order valence-electron chi connectivity index (χ1n) is 6.66. The molecule has 0 saturated carbocycles. The van der Waals surface area contributed by atoms with Gasteiger partial charge in [-0.15, -0.1) is 0 Å². The first-order chi connectivity index (χ1) is 9.43. The lowest BCUT2D eigenvalue weighted by Crippen LogP contribution is -2.34. The second-order valence-corrected chi connectivity index (χ2v) is 5.28. The van der Waals surface area contributed by atoms with Gasteiger partial charge in [0.05, 0.1) is 0 Å². The first-order valence-corrected chi connectivity index (χ1v) is 6.66. The highest BCUT2D eigenvalue weighted by atomic mass is 19.4. The monoisotopic (exact) mass is 287 g/mol. The van der Waals surface area contributed by atoms with Crippen molar-refractivity contribution in [1.82, 2.24) is 14.9 Å². The van der Waals surface area contributed by atoms with Crippen molar-refractivity contribution in [2.45, 2.75) is 37.5 Å². The van der Waals surface area contributed by atoms with Crippen molar-refractivity contribution >= 4 is 11.8 Å². The van der Waals surface area contributed by atoms with Gasteiger partial charge in [0, 0.05) is 24.7 Å². The molecule has 2 aliphatic heterocycles. The van der Waals surface area contributed by atoms with E-state index < -0.39 is 11.9 Å². The molecule has 0 amide bonds. The van der Waals surface area contributed by atoms with Crippen LogP contribution in [0.2, 0.25) is 0 Å². The molecule has 1 aromatic heterocycles. The summed E-state index contributed by atoms with van der Waals surface area (Å²) in [6, 6.07) is 1.45. The average Bonchev–Trinajstić information content (AvgIpc) is 2.92. The van der Waals surface area contributed by atoms with Gasteiger partial charge in [-0.2, -0.15) is 18.2 Å². The molecule has 0 aliphatic carbocycles. The van der Waals surface area contributed by atoms with Crippen molar-refractivity contribution in [1.29, 1.82) is 0 Å². The van der Waals surface area contributed by atoms with E-state index in [-0.39, 0.29) is 17.8 Å². The summed E-state index contributed by atoms with van der Waals surface area (Å²) in [5.74, 6) is -0.202. The van der Waals surface area contributed by atoms with Crippen LogP contribution in [0.25, 0.3) is 0 Å². The maximum absolute atomic E-state index is 12.7. The minimum atomic E-state index is -4.51. The Morgan fingerprint density at radius 1 is 1.25 bits per heavy atom. The molecule has 2 fully saturated rings. The Bertz CT molecular complexity index is 504. The molecule has 0 radical (unpaired) electrons. The number of rotatable bonds is 2. The molecule has 20 heavy (non-hydrogen) atoms. The molecule has 1 aromatic rings. The van der Waals surface area contributed by atoms with E-state index in [2.05, 4.69) is 20.2 Å². The summed E-state index contributed by atoms with van der Waals surface area (Å²) in [5.41, 5.74) is 4.36. The first kappa shape index (κ1) is 13.4. The number of nitrogens with zero attached hydrogens (tertiary/aromatic N) is 3. The molecule has 2 aliphatic rings. The van der Waals surface area contributed by atoms with Crippen molar-refractivity contribution in [3.8, 4) is 0 Å². The van der Waals surface area contributed by atoms with Crippen molar-refractivity contribution < 1.29 is 13.2 Å². The van der Waals surface area contributed by atoms with E-state index in [9.17, 15) is 13.2 Å². The van der Waals surface area contributed by atoms with E-state index in [1.54, 1.807) is 0 Å². The molecule has 3 N–H and O–H groups in total. The molecule has 0 bridgehead atoms. The van der Waals surface area contributed by atoms with E-state index in [4.69, 9.17) is 5.73 Å². The Balaban J connectivity index is 1.79. The van der Waals surface area contributed by atoms with Crippen molar-refractivity contribution in [2.24, 2.45) is 0 Å². The fourth-order valence-corrected chi connectivity index (χ4v) is 3.13. The van der Waals surface area contributed by atoms with Crippen LogP contribution in [0.4, 0.5) is 24.9 Å². The van der Waals surface area contributed by atoms with Crippen LogP contribution in [0.5, 0.6) is 0 Å². The number of alkyl halides is 3. The lowest BCUT2D eigenvalue weighted by atomic mass is 10.1. The predicted molar refractivity (Wildman–Crippen MR) is 68.1 cm³/mol. The molecule has 2 unspecified atom stereocenters. The molecule has 0 spiro atoms. The number of hydrogen-bond donors (Lipinski definition) is 2. The summed E-state index contributed by atoms with van der Waals surface area (Å²) in [6.45, 7) is 2.05. The third-order valence-corrected chi connectivity index (χ3v) is 3.97. The third-order valence-electron chi connectivity index (χ3n) is 3.97. The van der Waals surface area contributed by atoms with E-state index >= 15 is 0 Å². The summed E-state index contributed by atoms with van der Waals surface area (Å²) in [4.78, 5) is 9.47. The third kappa shape index (κ3) is 2.52. The lowest BCUT2D eigenvalue weighted by Gasteiger charge is -2.22. The Hall–Kier alpha value is -1.57. The molecule has 3 heterocycles. The van der Waals surface area contributed by atoms with Gasteiger partial charge >= 0.3 is 6.18 Å². The number of nitrogen functional groups attached to an aromatic ring is 1. The molecule has 2 saturated heterocycles. The Labute approximate surface area is 114 Å². The highest BCUT2D eigenvalue weighted by Gasteiger charge is 2.38. The maximum atomic E-state index is 12.7. The molecule has 2 atom stereocenters. The minimum Gasteiger partial charge on any atom is -0.368 e. The van der Waals surface area contributed by atoms with Crippen molar-refractivity contribution in [3.05, 3.63) is 11.8 Å². The van der Waals surface area contributed by atoms with Gasteiger partial charge in [-0.3, -0.25) is 4.90 Å². The van der Waals surface area contributed by atoms with Crippen molar-refractivity contribution in [2.75, 3.05) is 24.1 Å². The van der Waals surface area contributed by atoms with Crippen LogP contribution >= 0.6 is 0 Å². The Morgan fingerprint density at radius 2 is 2.05 bits per heavy atom. The van der Waals surface area contributed by atoms with Crippen LogP contribution in [0, 0.1) is 0 Å². The highest BCUT2D eigenvalue weighted by Crippen LogP contribution is 2.32. The molecular weight excluding hydrogens is 271 g/mol. The Morgan fingerprint density at radius 3 is 2.80 bits per heavy atom. The molecule has 8 heteroatoms. The van der Waals surface area contributed by atoms with Gasteiger partial charge in [0.1, 0.15) is 5.82 Å². The smallest absolute Gasteiger partial charge is 0.368 e. The number of anilines is 2. The van der Waals surface area contributed by atoms with E-state index in [0.717, 1.165) is 38.4 Å². The van der Waals surface area contributed by atoms with Crippen LogP contribution in [-0.4, -0.2) is 40.0 Å². The fourth-order valence-electron chi connectivity index (χ4n) is 3.13. The fraction of sp³-hybridized carbons (Fsp3) is 0.667. The van der Waals surface area contributed by atoms with Gasteiger partial charge < -0.3 is 11.1 Å². The number of hydrogen-bond acceptors (Lipinski definition) is 5.